The lowest BCUT2D eigenvalue weighted by Gasteiger charge is -2.13. The molecule has 0 saturated heterocycles. The molecule has 154 valence electrons. The molecule has 0 fully saturated rings. The van der Waals surface area contributed by atoms with Crippen molar-refractivity contribution >= 4 is 33.3 Å². The van der Waals surface area contributed by atoms with Gasteiger partial charge in [-0.05, 0) is 42.0 Å². The first-order valence-electron chi connectivity index (χ1n) is 10.6. The Bertz CT molecular complexity index is 1430. The smallest absolute Gasteiger partial charge is 0.336 e. The lowest BCUT2D eigenvalue weighted by molar-refractivity contribution is 0.101. The first kappa shape index (κ1) is 19.3. The Morgan fingerprint density at radius 1 is 1.10 bits per heavy atom. The molecule has 0 bridgehead atoms. The van der Waals surface area contributed by atoms with Crippen LogP contribution in [0.1, 0.15) is 47.5 Å². The van der Waals surface area contributed by atoms with Crippen molar-refractivity contribution in [3.8, 4) is 0 Å². The Hall–Kier alpha value is -3.66. The molecular formula is C27H22O4. The number of carbonyl (C=O) groups is 1. The highest BCUT2D eigenvalue weighted by molar-refractivity contribution is 6.18. The lowest BCUT2D eigenvalue weighted by Crippen LogP contribution is -2.04. The third-order valence-electron chi connectivity index (χ3n) is 5.87. The summed E-state index contributed by atoms with van der Waals surface area (Å²) >= 11 is 0. The lowest BCUT2D eigenvalue weighted by atomic mass is 9.90. The van der Waals surface area contributed by atoms with Crippen LogP contribution in [0.2, 0.25) is 0 Å². The maximum absolute atomic E-state index is 13.4. The maximum Gasteiger partial charge on any atom is 0.336 e. The van der Waals surface area contributed by atoms with E-state index in [9.17, 15) is 9.59 Å². The van der Waals surface area contributed by atoms with Crippen LogP contribution < -0.4 is 5.63 Å². The highest BCUT2D eigenvalue weighted by Gasteiger charge is 2.27. The predicted molar refractivity (Wildman–Crippen MR) is 122 cm³/mol. The van der Waals surface area contributed by atoms with Gasteiger partial charge in [0.25, 0.3) is 0 Å². The van der Waals surface area contributed by atoms with Crippen molar-refractivity contribution in [1.82, 2.24) is 0 Å². The molecule has 31 heavy (non-hydrogen) atoms. The molecule has 1 aliphatic carbocycles. The van der Waals surface area contributed by atoms with Crippen molar-refractivity contribution < 1.29 is 13.6 Å². The summed E-state index contributed by atoms with van der Waals surface area (Å²) in [5.41, 5.74) is 3.67. The van der Waals surface area contributed by atoms with Gasteiger partial charge in [-0.1, -0.05) is 62.4 Å². The van der Waals surface area contributed by atoms with E-state index in [4.69, 9.17) is 8.83 Å². The molecule has 4 nitrogen and oxygen atoms in total. The predicted octanol–water partition coefficient (Wildman–Crippen LogP) is 6.31. The van der Waals surface area contributed by atoms with Gasteiger partial charge < -0.3 is 8.83 Å². The van der Waals surface area contributed by atoms with Crippen molar-refractivity contribution in [2.45, 2.75) is 26.7 Å². The Kier molecular flexibility index (Phi) is 4.70. The zero-order valence-corrected chi connectivity index (χ0v) is 17.5. The van der Waals surface area contributed by atoms with Crippen LogP contribution in [0.4, 0.5) is 0 Å². The summed E-state index contributed by atoms with van der Waals surface area (Å²) in [6.07, 6.45) is 7.85. The molecule has 1 atom stereocenters. The summed E-state index contributed by atoms with van der Waals surface area (Å²) in [5.74, 6) is 0.502. The molecule has 2 heterocycles. The Morgan fingerprint density at radius 2 is 1.90 bits per heavy atom. The highest BCUT2D eigenvalue weighted by Crippen LogP contribution is 2.40. The minimum atomic E-state index is -0.401. The zero-order chi connectivity index (χ0) is 21.5. The van der Waals surface area contributed by atoms with Crippen LogP contribution in [-0.2, 0) is 6.42 Å². The van der Waals surface area contributed by atoms with Gasteiger partial charge in [-0.25, -0.2) is 4.79 Å². The van der Waals surface area contributed by atoms with Crippen molar-refractivity contribution in [3.05, 3.63) is 99.6 Å². The first-order valence-corrected chi connectivity index (χ1v) is 10.6. The fourth-order valence-corrected chi connectivity index (χ4v) is 4.23. The van der Waals surface area contributed by atoms with Crippen LogP contribution in [0, 0.1) is 5.92 Å². The fraction of sp³-hybridized carbons (Fsp3) is 0.185. The second-order valence-corrected chi connectivity index (χ2v) is 7.99. The third-order valence-corrected chi connectivity index (χ3v) is 5.87. The van der Waals surface area contributed by atoms with Crippen LogP contribution in [-0.4, -0.2) is 5.78 Å². The number of allylic oxidation sites excluding steroid dienone is 4. The molecule has 1 unspecified atom stereocenters. The standard InChI is InChI=1S/C27H22O4/c1-3-17-15-22(28)31-26-20(17)13-14-21-24(26)23(18-11-9-16(2)10-12-18)27(30-21)25(29)19-7-5-4-6-8-19/h4-9,11-16H,3,10H2,1-2H3. The van der Waals surface area contributed by atoms with Gasteiger partial charge in [0.1, 0.15) is 11.2 Å². The van der Waals surface area contributed by atoms with Crippen LogP contribution in [0.15, 0.2) is 80.4 Å². The van der Waals surface area contributed by atoms with Gasteiger partial charge in [-0.3, -0.25) is 4.79 Å². The largest absolute Gasteiger partial charge is 0.452 e. The van der Waals surface area contributed by atoms with E-state index in [-0.39, 0.29) is 11.5 Å². The molecule has 0 amide bonds. The number of furan rings is 1. The van der Waals surface area contributed by atoms with Gasteiger partial charge in [0.15, 0.2) is 5.76 Å². The van der Waals surface area contributed by atoms with E-state index in [1.165, 1.54) is 6.07 Å². The van der Waals surface area contributed by atoms with Crippen LogP contribution in [0.5, 0.6) is 0 Å². The maximum atomic E-state index is 13.4. The fourth-order valence-electron chi connectivity index (χ4n) is 4.23. The van der Waals surface area contributed by atoms with Gasteiger partial charge >= 0.3 is 5.63 Å². The molecule has 2 aromatic carbocycles. The van der Waals surface area contributed by atoms with Crippen LogP contribution in [0.3, 0.4) is 0 Å². The topological polar surface area (TPSA) is 60.4 Å². The number of hydrogen-bond donors (Lipinski definition) is 0. The number of aryl methyl sites for hydroxylation is 1. The molecule has 1 aliphatic rings. The molecule has 0 saturated carbocycles. The second-order valence-electron chi connectivity index (χ2n) is 7.99. The number of ketones is 1. The summed E-state index contributed by atoms with van der Waals surface area (Å²) in [5, 5.41) is 1.54. The Morgan fingerprint density at radius 3 is 2.61 bits per heavy atom. The number of benzene rings is 2. The first-order chi connectivity index (χ1) is 15.1. The van der Waals surface area contributed by atoms with E-state index in [0.29, 0.717) is 40.0 Å². The average molecular weight is 410 g/mol. The Labute approximate surface area is 179 Å². The normalized spacial score (nSPS) is 16.1. The summed E-state index contributed by atoms with van der Waals surface area (Å²) < 4.78 is 11.8. The summed E-state index contributed by atoms with van der Waals surface area (Å²) in [4.78, 5) is 25.7. The number of fused-ring (bicyclic) bond motifs is 3. The molecule has 0 aliphatic heterocycles. The van der Waals surface area contributed by atoms with Gasteiger partial charge in [0.05, 0.1) is 5.39 Å². The van der Waals surface area contributed by atoms with E-state index in [2.05, 4.69) is 19.1 Å². The molecule has 4 aromatic rings. The van der Waals surface area contributed by atoms with E-state index >= 15 is 0 Å². The molecule has 4 heteroatoms. The van der Waals surface area contributed by atoms with Gasteiger partial charge in [-0.15, -0.1) is 0 Å². The average Bonchev–Trinajstić information content (AvgIpc) is 3.19. The van der Waals surface area contributed by atoms with Crippen molar-refractivity contribution in [2.24, 2.45) is 5.92 Å². The van der Waals surface area contributed by atoms with Gasteiger partial charge in [-0.2, -0.15) is 0 Å². The van der Waals surface area contributed by atoms with Crippen molar-refractivity contribution in [3.63, 3.8) is 0 Å². The second kappa shape index (κ2) is 7.55. The molecular weight excluding hydrogens is 388 g/mol. The van der Waals surface area contributed by atoms with Crippen molar-refractivity contribution in [2.75, 3.05) is 0 Å². The molecule has 0 radical (unpaired) electrons. The van der Waals surface area contributed by atoms with E-state index in [1.807, 2.05) is 43.3 Å². The van der Waals surface area contributed by atoms with Gasteiger partial charge in [0.2, 0.25) is 5.78 Å². The highest BCUT2D eigenvalue weighted by atomic mass is 16.4. The third kappa shape index (κ3) is 3.25. The van der Waals surface area contributed by atoms with E-state index in [1.54, 1.807) is 12.1 Å². The minimum absolute atomic E-state index is 0.193. The van der Waals surface area contributed by atoms with Crippen LogP contribution >= 0.6 is 0 Å². The molecule has 5 rings (SSSR count). The zero-order valence-electron chi connectivity index (χ0n) is 17.5. The van der Waals surface area contributed by atoms with E-state index < -0.39 is 5.63 Å². The summed E-state index contributed by atoms with van der Waals surface area (Å²) in [7, 11) is 0. The summed E-state index contributed by atoms with van der Waals surface area (Å²) in [6.45, 7) is 4.15. The molecule has 0 N–H and O–H groups in total. The number of hydrogen-bond acceptors (Lipinski definition) is 4. The quantitative estimate of drug-likeness (QED) is 0.292. The molecule has 0 spiro atoms. The monoisotopic (exact) mass is 410 g/mol. The van der Waals surface area contributed by atoms with E-state index in [0.717, 1.165) is 22.9 Å². The van der Waals surface area contributed by atoms with Crippen LogP contribution in [0.25, 0.3) is 27.5 Å². The number of rotatable bonds is 4. The Balaban J connectivity index is 1.88. The van der Waals surface area contributed by atoms with Gasteiger partial charge in [0, 0.05) is 22.6 Å². The minimum Gasteiger partial charge on any atom is -0.452 e. The van der Waals surface area contributed by atoms with Crippen molar-refractivity contribution in [1.29, 1.82) is 0 Å². The summed E-state index contributed by atoms with van der Waals surface area (Å²) in [6, 6.07) is 14.4. The molecule has 2 aromatic heterocycles. The number of carbonyl (C=O) groups excluding carboxylic acids is 1. The SMILES string of the molecule is CCc1cc(=O)oc2c1ccc1oc(C(=O)c3ccccc3)c(C3=CCC(C)C=C3)c12.